The minimum absolute atomic E-state index is 0.203. The number of hydrogen-bond donors (Lipinski definition) is 0. The van der Waals surface area contributed by atoms with Crippen molar-refractivity contribution in [3.05, 3.63) is 29.3 Å². The fraction of sp³-hybridized carbons (Fsp3) is 0.417. The zero-order valence-corrected chi connectivity index (χ0v) is 8.32. The van der Waals surface area contributed by atoms with E-state index in [1.807, 2.05) is 12.1 Å². The monoisotopic (exact) mass is 190 g/mol. The van der Waals surface area contributed by atoms with Gasteiger partial charge >= 0.3 is 0 Å². The third kappa shape index (κ3) is 1.65. The van der Waals surface area contributed by atoms with Crippen molar-refractivity contribution in [2.24, 2.45) is 5.92 Å². The molecule has 0 aromatic heterocycles. The minimum atomic E-state index is 0.203. The Morgan fingerprint density at radius 1 is 1.43 bits per heavy atom. The molecule has 2 nitrogen and oxygen atoms in total. The summed E-state index contributed by atoms with van der Waals surface area (Å²) in [6, 6.07) is 6.14. The molecule has 2 rings (SSSR count). The molecule has 1 aromatic carbocycles. The summed E-state index contributed by atoms with van der Waals surface area (Å²) in [5, 5.41) is 0. The summed E-state index contributed by atoms with van der Waals surface area (Å²) in [5.41, 5.74) is 2.64. The lowest BCUT2D eigenvalue weighted by Gasteiger charge is -2.20. The number of aryl methyl sites for hydroxylation is 1. The Hall–Kier alpha value is -1.31. The predicted molar refractivity (Wildman–Crippen MR) is 54.6 cm³/mol. The number of benzene rings is 1. The van der Waals surface area contributed by atoms with E-state index >= 15 is 0 Å². The lowest BCUT2D eigenvalue weighted by Crippen LogP contribution is -2.15. The molecule has 0 aliphatic heterocycles. The van der Waals surface area contributed by atoms with Gasteiger partial charge in [0, 0.05) is 5.92 Å². The molecule has 1 atom stereocenters. The molecule has 74 valence electrons. The van der Waals surface area contributed by atoms with E-state index in [0.29, 0.717) is 0 Å². The van der Waals surface area contributed by atoms with Crippen molar-refractivity contribution in [3.63, 3.8) is 0 Å². The zero-order chi connectivity index (χ0) is 9.97. The van der Waals surface area contributed by atoms with Crippen LogP contribution in [0.25, 0.3) is 0 Å². The van der Waals surface area contributed by atoms with Gasteiger partial charge in [-0.2, -0.15) is 0 Å². The van der Waals surface area contributed by atoms with Gasteiger partial charge in [0.25, 0.3) is 0 Å². The van der Waals surface area contributed by atoms with E-state index in [0.717, 1.165) is 31.3 Å². The lowest BCUT2D eigenvalue weighted by atomic mass is 9.85. The van der Waals surface area contributed by atoms with Gasteiger partial charge in [-0.15, -0.1) is 0 Å². The Balaban J connectivity index is 2.29. The van der Waals surface area contributed by atoms with Crippen LogP contribution in [0.2, 0.25) is 0 Å². The molecule has 0 N–H and O–H groups in total. The van der Waals surface area contributed by atoms with E-state index < -0.39 is 0 Å². The number of carbonyl (C=O) groups is 1. The molecule has 2 heteroatoms. The summed E-state index contributed by atoms with van der Waals surface area (Å²) >= 11 is 0. The quantitative estimate of drug-likeness (QED) is 0.667. The SMILES string of the molecule is COc1ccc2c(c1)CC(C=O)CC2. The summed E-state index contributed by atoms with van der Waals surface area (Å²) in [6.45, 7) is 0. The van der Waals surface area contributed by atoms with Crippen LogP contribution < -0.4 is 4.74 Å². The van der Waals surface area contributed by atoms with Crippen LogP contribution in [-0.2, 0) is 17.6 Å². The van der Waals surface area contributed by atoms with Crippen molar-refractivity contribution in [1.82, 2.24) is 0 Å². The first-order valence-corrected chi connectivity index (χ1v) is 4.94. The minimum Gasteiger partial charge on any atom is -0.497 e. The molecule has 1 aromatic rings. The summed E-state index contributed by atoms with van der Waals surface area (Å²) in [4.78, 5) is 10.7. The number of rotatable bonds is 2. The number of ether oxygens (including phenoxy) is 1. The first kappa shape index (κ1) is 9.25. The molecular formula is C12H14O2. The van der Waals surface area contributed by atoms with Crippen molar-refractivity contribution in [3.8, 4) is 5.75 Å². The Morgan fingerprint density at radius 2 is 2.29 bits per heavy atom. The zero-order valence-electron chi connectivity index (χ0n) is 8.32. The molecule has 0 fully saturated rings. The maximum Gasteiger partial charge on any atom is 0.123 e. The van der Waals surface area contributed by atoms with E-state index in [4.69, 9.17) is 4.74 Å². The molecular weight excluding hydrogens is 176 g/mol. The Bertz CT molecular complexity index is 344. The Kier molecular flexibility index (Phi) is 2.53. The standard InChI is InChI=1S/C12H14O2/c1-14-12-5-4-10-3-2-9(8-13)6-11(10)7-12/h4-5,7-9H,2-3,6H2,1H3. The highest BCUT2D eigenvalue weighted by molar-refractivity contribution is 5.56. The molecule has 0 amide bonds. The smallest absolute Gasteiger partial charge is 0.123 e. The van der Waals surface area contributed by atoms with E-state index in [1.165, 1.54) is 11.1 Å². The third-order valence-corrected chi connectivity index (χ3v) is 2.87. The van der Waals surface area contributed by atoms with Crippen LogP contribution in [0.1, 0.15) is 17.5 Å². The fourth-order valence-electron chi connectivity index (χ4n) is 2.00. The van der Waals surface area contributed by atoms with Crippen molar-refractivity contribution in [1.29, 1.82) is 0 Å². The van der Waals surface area contributed by atoms with E-state index in [2.05, 4.69) is 6.07 Å². The summed E-state index contributed by atoms with van der Waals surface area (Å²) in [7, 11) is 1.67. The number of carbonyl (C=O) groups excluding carboxylic acids is 1. The molecule has 0 bridgehead atoms. The van der Waals surface area contributed by atoms with Crippen LogP contribution in [0.3, 0.4) is 0 Å². The summed E-state index contributed by atoms with van der Waals surface area (Å²) in [6.07, 6.45) is 3.95. The van der Waals surface area contributed by atoms with Crippen LogP contribution in [-0.4, -0.2) is 13.4 Å². The largest absolute Gasteiger partial charge is 0.497 e. The highest BCUT2D eigenvalue weighted by atomic mass is 16.5. The summed E-state index contributed by atoms with van der Waals surface area (Å²) in [5.74, 6) is 1.09. The number of hydrogen-bond acceptors (Lipinski definition) is 2. The Labute approximate surface area is 83.9 Å². The molecule has 14 heavy (non-hydrogen) atoms. The maximum atomic E-state index is 10.7. The number of fused-ring (bicyclic) bond motifs is 1. The highest BCUT2D eigenvalue weighted by Gasteiger charge is 2.18. The maximum absolute atomic E-state index is 10.7. The molecule has 0 saturated carbocycles. The molecule has 0 heterocycles. The normalized spacial score (nSPS) is 19.9. The first-order valence-electron chi connectivity index (χ1n) is 4.94. The topological polar surface area (TPSA) is 26.3 Å². The lowest BCUT2D eigenvalue weighted by molar-refractivity contribution is -0.111. The van der Waals surface area contributed by atoms with Crippen molar-refractivity contribution in [2.75, 3.05) is 7.11 Å². The van der Waals surface area contributed by atoms with Gasteiger partial charge < -0.3 is 9.53 Å². The van der Waals surface area contributed by atoms with E-state index in [1.54, 1.807) is 7.11 Å². The van der Waals surface area contributed by atoms with Crippen LogP contribution in [0.5, 0.6) is 5.75 Å². The van der Waals surface area contributed by atoms with Crippen LogP contribution in [0, 0.1) is 5.92 Å². The van der Waals surface area contributed by atoms with Gasteiger partial charge in [-0.25, -0.2) is 0 Å². The molecule has 0 saturated heterocycles. The van der Waals surface area contributed by atoms with Gasteiger partial charge in [0.05, 0.1) is 7.11 Å². The number of methoxy groups -OCH3 is 1. The second kappa shape index (κ2) is 3.82. The molecule has 0 spiro atoms. The van der Waals surface area contributed by atoms with Crippen molar-refractivity contribution in [2.45, 2.75) is 19.3 Å². The predicted octanol–water partition coefficient (Wildman–Crippen LogP) is 2.00. The van der Waals surface area contributed by atoms with E-state index in [-0.39, 0.29) is 5.92 Å². The molecule has 0 radical (unpaired) electrons. The van der Waals surface area contributed by atoms with Gasteiger partial charge in [-0.1, -0.05) is 6.07 Å². The van der Waals surface area contributed by atoms with Crippen LogP contribution in [0.15, 0.2) is 18.2 Å². The van der Waals surface area contributed by atoms with Gasteiger partial charge in [0.2, 0.25) is 0 Å². The van der Waals surface area contributed by atoms with E-state index in [9.17, 15) is 4.79 Å². The van der Waals surface area contributed by atoms with Gasteiger partial charge in [-0.3, -0.25) is 0 Å². The van der Waals surface area contributed by atoms with Gasteiger partial charge in [0.1, 0.15) is 12.0 Å². The van der Waals surface area contributed by atoms with Gasteiger partial charge in [0.15, 0.2) is 0 Å². The average Bonchev–Trinajstić information content (AvgIpc) is 2.27. The average molecular weight is 190 g/mol. The third-order valence-electron chi connectivity index (χ3n) is 2.87. The Morgan fingerprint density at radius 3 is 3.00 bits per heavy atom. The second-order valence-corrected chi connectivity index (χ2v) is 3.77. The van der Waals surface area contributed by atoms with Crippen LogP contribution >= 0.6 is 0 Å². The highest BCUT2D eigenvalue weighted by Crippen LogP contribution is 2.27. The molecule has 1 aliphatic carbocycles. The van der Waals surface area contributed by atoms with Gasteiger partial charge in [-0.05, 0) is 42.5 Å². The van der Waals surface area contributed by atoms with Crippen molar-refractivity contribution < 1.29 is 9.53 Å². The molecule has 1 unspecified atom stereocenters. The number of aldehydes is 1. The fourth-order valence-corrected chi connectivity index (χ4v) is 2.00. The first-order chi connectivity index (χ1) is 6.83. The summed E-state index contributed by atoms with van der Waals surface area (Å²) < 4.78 is 5.16. The van der Waals surface area contributed by atoms with Crippen molar-refractivity contribution >= 4 is 6.29 Å². The second-order valence-electron chi connectivity index (χ2n) is 3.77. The van der Waals surface area contributed by atoms with Crippen LogP contribution in [0.4, 0.5) is 0 Å². The molecule has 1 aliphatic rings.